The smallest absolute Gasteiger partial charge is 0.273 e. The van der Waals surface area contributed by atoms with Gasteiger partial charge in [0.05, 0.1) is 5.52 Å². The number of imidazole rings is 1. The van der Waals surface area contributed by atoms with Gasteiger partial charge in [-0.15, -0.1) is 0 Å². The van der Waals surface area contributed by atoms with Crippen molar-refractivity contribution in [3.05, 3.63) is 30.1 Å². The van der Waals surface area contributed by atoms with E-state index in [2.05, 4.69) is 22.5 Å². The quantitative estimate of drug-likeness (QED) is 0.563. The summed E-state index contributed by atoms with van der Waals surface area (Å²) in [5, 5.41) is 6.85. The van der Waals surface area contributed by atoms with Crippen molar-refractivity contribution in [3.63, 3.8) is 0 Å². The molecular weight excluding hydrogens is 360 g/mol. The van der Waals surface area contributed by atoms with Gasteiger partial charge in [0.1, 0.15) is 5.54 Å². The summed E-state index contributed by atoms with van der Waals surface area (Å²) in [4.78, 5) is 30.6. The van der Waals surface area contributed by atoms with Gasteiger partial charge in [-0.1, -0.05) is 50.4 Å². The van der Waals surface area contributed by atoms with Gasteiger partial charge in [-0.25, -0.2) is 4.98 Å². The zero-order valence-electron chi connectivity index (χ0n) is 16.1. The maximum Gasteiger partial charge on any atom is 0.273 e. The van der Waals surface area contributed by atoms with Crippen LogP contribution >= 0.6 is 11.8 Å². The molecule has 146 valence electrons. The van der Waals surface area contributed by atoms with Crippen LogP contribution in [-0.2, 0) is 4.79 Å². The second-order valence-corrected chi connectivity index (χ2v) is 7.88. The predicted molar refractivity (Wildman–Crippen MR) is 108 cm³/mol. The molecule has 1 fully saturated rings. The summed E-state index contributed by atoms with van der Waals surface area (Å²) >= 11 is 1.49. The predicted octanol–water partition coefficient (Wildman–Crippen LogP) is 3.41. The molecule has 2 N–H and O–H groups in total. The average molecular weight is 389 g/mol. The Hall–Kier alpha value is -2.02. The number of pyridine rings is 1. The Morgan fingerprint density at radius 1 is 1.26 bits per heavy atom. The van der Waals surface area contributed by atoms with E-state index in [1.165, 1.54) is 11.8 Å². The van der Waals surface area contributed by atoms with Crippen LogP contribution in [0.3, 0.4) is 0 Å². The van der Waals surface area contributed by atoms with E-state index in [4.69, 9.17) is 0 Å². The number of hydrogen-bond donors (Lipinski definition) is 2. The lowest BCUT2D eigenvalue weighted by Crippen LogP contribution is -2.59. The van der Waals surface area contributed by atoms with Crippen LogP contribution in [0.25, 0.3) is 5.52 Å². The molecule has 3 rings (SSSR count). The van der Waals surface area contributed by atoms with E-state index in [-0.39, 0.29) is 11.8 Å². The molecule has 2 aromatic rings. The normalized spacial score (nSPS) is 16.2. The van der Waals surface area contributed by atoms with Crippen molar-refractivity contribution in [3.8, 4) is 0 Å². The highest BCUT2D eigenvalue weighted by atomic mass is 32.2. The van der Waals surface area contributed by atoms with Crippen LogP contribution in [0.1, 0.15) is 62.4 Å². The molecule has 7 heteroatoms. The van der Waals surface area contributed by atoms with Crippen molar-refractivity contribution in [2.24, 2.45) is 0 Å². The van der Waals surface area contributed by atoms with Gasteiger partial charge in [0.15, 0.2) is 10.9 Å². The molecule has 0 spiro atoms. The summed E-state index contributed by atoms with van der Waals surface area (Å²) in [5.74, 6) is -0.329. The average Bonchev–Trinajstić information content (AvgIpc) is 3.08. The highest BCUT2D eigenvalue weighted by Gasteiger charge is 2.41. The Bertz CT molecular complexity index is 811. The summed E-state index contributed by atoms with van der Waals surface area (Å²) in [5.41, 5.74) is 0.316. The SMILES string of the molecule is CCCCNC(=O)C1(NC(=O)c2nc(SC)n3ccccc23)CCCCC1. The van der Waals surface area contributed by atoms with Crippen LogP contribution < -0.4 is 10.6 Å². The lowest BCUT2D eigenvalue weighted by Gasteiger charge is -2.36. The van der Waals surface area contributed by atoms with Gasteiger partial charge in [0.25, 0.3) is 5.91 Å². The van der Waals surface area contributed by atoms with E-state index < -0.39 is 5.54 Å². The lowest BCUT2D eigenvalue weighted by molar-refractivity contribution is -0.128. The fourth-order valence-electron chi connectivity index (χ4n) is 3.71. The van der Waals surface area contributed by atoms with Gasteiger partial charge in [-0.3, -0.25) is 14.0 Å². The van der Waals surface area contributed by atoms with Crippen molar-refractivity contribution in [2.45, 2.75) is 62.6 Å². The van der Waals surface area contributed by atoms with Crippen LogP contribution in [0, 0.1) is 0 Å². The summed E-state index contributed by atoms with van der Waals surface area (Å²) in [6.45, 7) is 2.74. The summed E-state index contributed by atoms with van der Waals surface area (Å²) in [6, 6.07) is 5.70. The molecule has 2 amide bonds. The highest BCUT2D eigenvalue weighted by molar-refractivity contribution is 7.98. The van der Waals surface area contributed by atoms with E-state index in [1.54, 1.807) is 0 Å². The van der Waals surface area contributed by atoms with Gasteiger partial charge < -0.3 is 10.6 Å². The second-order valence-electron chi connectivity index (χ2n) is 7.11. The first-order valence-electron chi connectivity index (χ1n) is 9.73. The number of unbranched alkanes of at least 4 members (excludes halogenated alkanes) is 1. The third kappa shape index (κ3) is 4.13. The standard InChI is InChI=1S/C20H28N4O2S/c1-3-4-13-21-18(26)20(11-7-5-8-12-20)23-17(25)16-15-10-6-9-14-24(15)19(22-16)27-2/h6,9-10,14H,3-5,7-8,11-13H2,1-2H3,(H,21,26)(H,23,25). The zero-order chi connectivity index (χ0) is 19.3. The second kappa shape index (κ2) is 8.78. The first kappa shape index (κ1) is 19.7. The fourth-order valence-corrected chi connectivity index (χ4v) is 4.25. The van der Waals surface area contributed by atoms with Crippen molar-refractivity contribution in [1.29, 1.82) is 0 Å². The highest BCUT2D eigenvalue weighted by Crippen LogP contribution is 2.29. The summed E-state index contributed by atoms with van der Waals surface area (Å²) in [6.07, 6.45) is 10.2. The summed E-state index contributed by atoms with van der Waals surface area (Å²) < 4.78 is 1.91. The molecule has 2 heterocycles. The Kier molecular flexibility index (Phi) is 6.42. The third-order valence-electron chi connectivity index (χ3n) is 5.22. The van der Waals surface area contributed by atoms with E-state index in [1.807, 2.05) is 35.1 Å². The molecule has 0 unspecified atom stereocenters. The van der Waals surface area contributed by atoms with Crippen LogP contribution in [0.5, 0.6) is 0 Å². The Balaban J connectivity index is 1.86. The van der Waals surface area contributed by atoms with Gasteiger partial charge in [0.2, 0.25) is 5.91 Å². The van der Waals surface area contributed by atoms with E-state index >= 15 is 0 Å². The lowest BCUT2D eigenvalue weighted by atomic mass is 9.80. The first-order chi connectivity index (χ1) is 13.1. The van der Waals surface area contributed by atoms with Crippen LogP contribution in [-0.4, -0.2) is 39.5 Å². The van der Waals surface area contributed by atoms with Gasteiger partial charge in [-0.2, -0.15) is 0 Å². The number of rotatable bonds is 7. The number of carbonyl (C=O) groups excluding carboxylic acids is 2. The number of carbonyl (C=O) groups is 2. The number of aromatic nitrogens is 2. The number of fused-ring (bicyclic) bond motifs is 1. The number of hydrogen-bond acceptors (Lipinski definition) is 4. The third-order valence-corrected chi connectivity index (χ3v) is 5.88. The van der Waals surface area contributed by atoms with Crippen molar-refractivity contribution < 1.29 is 9.59 Å². The zero-order valence-corrected chi connectivity index (χ0v) is 16.9. The molecule has 6 nitrogen and oxygen atoms in total. The molecule has 0 radical (unpaired) electrons. The van der Waals surface area contributed by atoms with Gasteiger partial charge >= 0.3 is 0 Å². The Labute approximate surface area is 164 Å². The molecule has 1 aliphatic rings. The van der Waals surface area contributed by atoms with Crippen LogP contribution in [0.2, 0.25) is 0 Å². The number of nitrogens with zero attached hydrogens (tertiary/aromatic N) is 2. The monoisotopic (exact) mass is 388 g/mol. The van der Waals surface area contributed by atoms with E-state index in [0.717, 1.165) is 42.8 Å². The minimum Gasteiger partial charge on any atom is -0.354 e. The van der Waals surface area contributed by atoms with Gasteiger partial charge in [0, 0.05) is 12.7 Å². The van der Waals surface area contributed by atoms with Crippen molar-refractivity contribution in [1.82, 2.24) is 20.0 Å². The summed E-state index contributed by atoms with van der Waals surface area (Å²) in [7, 11) is 0. The Morgan fingerprint density at radius 2 is 2.04 bits per heavy atom. The molecule has 2 aromatic heterocycles. The maximum atomic E-state index is 13.1. The van der Waals surface area contributed by atoms with Crippen LogP contribution in [0.4, 0.5) is 0 Å². The topological polar surface area (TPSA) is 75.5 Å². The number of amides is 2. The molecule has 27 heavy (non-hydrogen) atoms. The largest absolute Gasteiger partial charge is 0.354 e. The van der Waals surface area contributed by atoms with Crippen molar-refractivity contribution in [2.75, 3.05) is 12.8 Å². The molecule has 0 aliphatic heterocycles. The molecule has 0 aromatic carbocycles. The van der Waals surface area contributed by atoms with E-state index in [9.17, 15) is 9.59 Å². The molecule has 1 aliphatic carbocycles. The number of thioether (sulfide) groups is 1. The molecule has 0 atom stereocenters. The number of nitrogens with one attached hydrogen (secondary N) is 2. The first-order valence-corrected chi connectivity index (χ1v) is 11.0. The molecule has 0 bridgehead atoms. The molecule has 0 saturated heterocycles. The molecule has 1 saturated carbocycles. The van der Waals surface area contributed by atoms with Crippen molar-refractivity contribution >= 4 is 29.1 Å². The molecular formula is C20H28N4O2S. The minimum absolute atomic E-state index is 0.0578. The van der Waals surface area contributed by atoms with Crippen LogP contribution in [0.15, 0.2) is 29.6 Å². The minimum atomic E-state index is -0.826. The fraction of sp³-hybridized carbons (Fsp3) is 0.550. The van der Waals surface area contributed by atoms with Gasteiger partial charge in [-0.05, 0) is 37.7 Å². The van der Waals surface area contributed by atoms with E-state index in [0.29, 0.717) is 25.1 Å². The maximum absolute atomic E-state index is 13.1. The Morgan fingerprint density at radius 3 is 2.74 bits per heavy atom.